The first kappa shape index (κ1) is 10.2. The van der Waals surface area contributed by atoms with Gasteiger partial charge >= 0.3 is 0 Å². The average Bonchev–Trinajstić information content (AvgIpc) is 2.57. The monoisotopic (exact) mass is 238 g/mol. The van der Waals surface area contributed by atoms with Gasteiger partial charge in [0.2, 0.25) is 0 Å². The van der Waals surface area contributed by atoms with E-state index in [-0.39, 0.29) is 0 Å². The summed E-state index contributed by atoms with van der Waals surface area (Å²) in [7, 11) is 0. The van der Waals surface area contributed by atoms with Crippen molar-refractivity contribution in [3.05, 3.63) is 33.5 Å². The molecule has 0 aliphatic carbocycles. The maximum Gasteiger partial charge on any atom is 0.169 e. The molecule has 0 spiro atoms. The second kappa shape index (κ2) is 4.04. The summed E-state index contributed by atoms with van der Waals surface area (Å²) in [6.07, 6.45) is 2.61. The van der Waals surface area contributed by atoms with Gasteiger partial charge in [0.1, 0.15) is 5.70 Å². The van der Waals surface area contributed by atoms with Crippen molar-refractivity contribution in [1.82, 2.24) is 3.96 Å². The number of thiophene rings is 1. The first-order valence-electron chi connectivity index (χ1n) is 4.37. The molecule has 0 saturated heterocycles. The molecule has 0 saturated carbocycles. The summed E-state index contributed by atoms with van der Waals surface area (Å²) in [6, 6.07) is 3.93. The second-order valence-electron chi connectivity index (χ2n) is 3.04. The van der Waals surface area contributed by atoms with E-state index >= 15 is 0 Å². The fourth-order valence-corrected chi connectivity index (χ4v) is 2.53. The van der Waals surface area contributed by atoms with Gasteiger partial charge < -0.3 is 5.73 Å². The Morgan fingerprint density at radius 2 is 2.27 bits per heavy atom. The summed E-state index contributed by atoms with van der Waals surface area (Å²) in [4.78, 5) is 13.1. The van der Waals surface area contributed by atoms with Gasteiger partial charge in [-0.2, -0.15) is 0 Å². The van der Waals surface area contributed by atoms with E-state index in [1.54, 1.807) is 15.3 Å². The van der Waals surface area contributed by atoms with Crippen molar-refractivity contribution < 1.29 is 4.79 Å². The zero-order valence-electron chi connectivity index (χ0n) is 8.14. The Hall–Kier alpha value is -1.33. The lowest BCUT2D eigenvalue weighted by Gasteiger charge is -2.09. The van der Waals surface area contributed by atoms with Gasteiger partial charge in [-0.05, 0) is 19.1 Å². The largest absolute Gasteiger partial charge is 0.396 e. The summed E-state index contributed by atoms with van der Waals surface area (Å²) >= 11 is 3.05. The molecule has 0 aliphatic rings. The van der Waals surface area contributed by atoms with Gasteiger partial charge in [0.25, 0.3) is 0 Å². The number of aryl methyl sites for hydroxylation is 1. The molecule has 2 aromatic heterocycles. The molecule has 0 bridgehead atoms. The van der Waals surface area contributed by atoms with Crippen LogP contribution >= 0.6 is 22.9 Å². The molecule has 2 rings (SSSR count). The first-order chi connectivity index (χ1) is 7.22. The molecule has 2 heterocycles. The van der Waals surface area contributed by atoms with E-state index in [0.717, 1.165) is 11.2 Å². The number of nitrogens with two attached hydrogens (primary N) is 1. The molecule has 0 aliphatic heterocycles. The van der Waals surface area contributed by atoms with Crippen molar-refractivity contribution in [1.29, 1.82) is 0 Å². The van der Waals surface area contributed by atoms with Crippen molar-refractivity contribution in [2.75, 3.05) is 0 Å². The smallest absolute Gasteiger partial charge is 0.169 e. The molecular weight excluding hydrogens is 228 g/mol. The van der Waals surface area contributed by atoms with Crippen LogP contribution < -0.4 is 5.73 Å². The number of rotatable bonds is 3. The van der Waals surface area contributed by atoms with Crippen molar-refractivity contribution >= 4 is 40.5 Å². The number of hydrogen-bond donors (Lipinski definition) is 1. The van der Waals surface area contributed by atoms with E-state index in [1.165, 1.54) is 16.4 Å². The number of nitrogens with zero attached hydrogens (tertiary/aromatic N) is 1. The van der Waals surface area contributed by atoms with Crippen LogP contribution in [-0.4, -0.2) is 10.2 Å². The van der Waals surface area contributed by atoms with Crippen molar-refractivity contribution in [3.63, 3.8) is 0 Å². The highest BCUT2D eigenvalue weighted by atomic mass is 32.1. The van der Waals surface area contributed by atoms with Crippen LogP contribution in [0.2, 0.25) is 0 Å². The Morgan fingerprint density at radius 3 is 2.67 bits per heavy atom. The molecule has 78 valence electrons. The molecule has 0 aromatic carbocycles. The fourth-order valence-electron chi connectivity index (χ4n) is 1.20. The quantitative estimate of drug-likeness (QED) is 0.659. The Kier molecular flexibility index (Phi) is 2.75. The lowest BCUT2D eigenvalue weighted by molar-refractivity contribution is -0.103. The number of allylic oxidation sites excluding steroid dienone is 1. The molecule has 2 aromatic rings. The van der Waals surface area contributed by atoms with E-state index in [1.807, 2.05) is 30.6 Å². The molecule has 0 amide bonds. The zero-order valence-corrected chi connectivity index (χ0v) is 9.77. The summed E-state index contributed by atoms with van der Waals surface area (Å²) in [6.45, 7) is 2.01. The Labute approximate surface area is 95.6 Å². The van der Waals surface area contributed by atoms with Gasteiger partial charge in [-0.25, -0.2) is 0 Å². The summed E-state index contributed by atoms with van der Waals surface area (Å²) in [5.41, 5.74) is 7.00. The highest BCUT2D eigenvalue weighted by Gasteiger charge is 2.09. The molecular formula is C10H10N2OS2. The normalized spacial score (nSPS) is 12.6. The van der Waals surface area contributed by atoms with Crippen molar-refractivity contribution in [3.8, 4) is 0 Å². The third-order valence-electron chi connectivity index (χ3n) is 2.00. The average molecular weight is 238 g/mol. The van der Waals surface area contributed by atoms with Crippen LogP contribution in [0.4, 0.5) is 0 Å². The number of hydrogen-bond acceptors (Lipinski definition) is 4. The Bertz CT molecular complexity index is 495. The lowest BCUT2D eigenvalue weighted by Crippen LogP contribution is -2.06. The van der Waals surface area contributed by atoms with E-state index < -0.39 is 0 Å². The predicted molar refractivity (Wildman–Crippen MR) is 64.7 cm³/mol. The maximum absolute atomic E-state index is 10.9. The second-order valence-corrected chi connectivity index (χ2v) is 5.21. The van der Waals surface area contributed by atoms with Crippen LogP contribution in [0.25, 0.3) is 11.4 Å². The van der Waals surface area contributed by atoms with Crippen molar-refractivity contribution in [2.45, 2.75) is 6.92 Å². The number of carbonyl (C=O) groups excluding carboxylic acids is 1. The molecule has 0 atom stereocenters. The highest BCUT2D eigenvalue weighted by molar-refractivity contribution is 7.13. The molecule has 15 heavy (non-hydrogen) atoms. The predicted octanol–water partition coefficient (Wildman–Crippen LogP) is 2.40. The van der Waals surface area contributed by atoms with E-state index in [4.69, 9.17) is 5.73 Å². The standard InChI is InChI=1S/C10H10N2OS2/c1-7-2-3-9(15-7)10(11)8(6-13)12-4-5-14-12/h2-6H,11H2,1H3/b10-8-. The molecule has 0 unspecified atom stereocenters. The zero-order chi connectivity index (χ0) is 10.8. The van der Waals surface area contributed by atoms with Crippen LogP contribution in [0.3, 0.4) is 0 Å². The van der Waals surface area contributed by atoms with Gasteiger partial charge in [0, 0.05) is 16.5 Å². The topological polar surface area (TPSA) is 48.0 Å². The third kappa shape index (κ3) is 1.88. The van der Waals surface area contributed by atoms with Crippen LogP contribution in [0.15, 0.2) is 23.7 Å². The SMILES string of the molecule is Cc1ccc(/C(N)=C(\C=O)n2ccs2)s1. The lowest BCUT2D eigenvalue weighted by atomic mass is 10.3. The van der Waals surface area contributed by atoms with E-state index in [0.29, 0.717) is 11.4 Å². The van der Waals surface area contributed by atoms with Gasteiger partial charge in [-0.3, -0.25) is 8.75 Å². The fraction of sp³-hybridized carbons (Fsp3) is 0.100. The first-order valence-corrected chi connectivity index (χ1v) is 6.02. The Morgan fingerprint density at radius 1 is 1.53 bits per heavy atom. The number of aromatic nitrogens is 1. The summed E-state index contributed by atoms with van der Waals surface area (Å²) < 4.78 is 1.76. The van der Waals surface area contributed by atoms with E-state index in [9.17, 15) is 4.79 Å². The Balaban J connectivity index is 2.45. The minimum Gasteiger partial charge on any atom is -0.396 e. The summed E-state index contributed by atoms with van der Waals surface area (Å²) in [5.74, 6) is 0. The van der Waals surface area contributed by atoms with Crippen LogP contribution in [0.5, 0.6) is 0 Å². The minimum absolute atomic E-state index is 0.518. The van der Waals surface area contributed by atoms with Gasteiger partial charge in [0.05, 0.1) is 10.6 Å². The van der Waals surface area contributed by atoms with Crippen LogP contribution in [0, 0.1) is 6.92 Å². The maximum atomic E-state index is 10.9. The van der Waals surface area contributed by atoms with Crippen LogP contribution in [0.1, 0.15) is 9.75 Å². The van der Waals surface area contributed by atoms with Gasteiger partial charge in [0.15, 0.2) is 6.29 Å². The highest BCUT2D eigenvalue weighted by Crippen LogP contribution is 2.25. The van der Waals surface area contributed by atoms with Gasteiger partial charge in [-0.15, -0.1) is 11.3 Å². The molecule has 2 N–H and O–H groups in total. The van der Waals surface area contributed by atoms with Gasteiger partial charge in [-0.1, -0.05) is 11.5 Å². The van der Waals surface area contributed by atoms with Crippen molar-refractivity contribution in [2.24, 2.45) is 5.73 Å². The summed E-state index contributed by atoms with van der Waals surface area (Å²) in [5, 5.41) is 1.90. The molecule has 5 heteroatoms. The minimum atomic E-state index is 0.518. The van der Waals surface area contributed by atoms with E-state index in [2.05, 4.69) is 0 Å². The van der Waals surface area contributed by atoms with Crippen LogP contribution in [-0.2, 0) is 4.79 Å². The molecule has 0 fully saturated rings. The third-order valence-corrected chi connectivity index (χ3v) is 3.82. The molecule has 0 radical (unpaired) electrons. The number of aldehydes is 1. The molecule has 3 nitrogen and oxygen atoms in total. The number of carbonyl (C=O) groups is 1.